The minimum atomic E-state index is -0.667. The Morgan fingerprint density at radius 1 is 0.950 bits per heavy atom. The Morgan fingerprint density at radius 3 is 2.35 bits per heavy atom. The van der Waals surface area contributed by atoms with Crippen LogP contribution in [0.5, 0.6) is 0 Å². The van der Waals surface area contributed by atoms with Gasteiger partial charge in [-0.05, 0) is 38.0 Å². The number of allylic oxidation sites excluding steroid dienone is 2. The lowest BCUT2D eigenvalue weighted by Gasteiger charge is -2.08. The van der Waals surface area contributed by atoms with Gasteiger partial charge in [0.15, 0.2) is 0 Å². The first-order chi connectivity index (χ1) is 9.66. The third kappa shape index (κ3) is 15.3. The largest absolute Gasteiger partial charge is 0.481 e. The number of unbranched alkanes of at least 4 members (excludes halogenated alkanes) is 6. The third-order valence-corrected chi connectivity index (χ3v) is 3.80. The van der Waals surface area contributed by atoms with E-state index < -0.39 is 5.97 Å². The molecule has 0 spiro atoms. The molecule has 0 aliphatic carbocycles. The van der Waals surface area contributed by atoms with Crippen LogP contribution in [0, 0.1) is 5.92 Å². The Balaban J connectivity index is 3.29. The minimum absolute atomic E-state index is 0.324. The van der Waals surface area contributed by atoms with Gasteiger partial charge >= 0.3 is 5.97 Å². The number of carbonyl (C=O) groups is 1. The maximum absolute atomic E-state index is 10.4. The summed E-state index contributed by atoms with van der Waals surface area (Å²) in [6.45, 7) is 4.53. The molecule has 0 aliphatic rings. The zero-order valence-electron chi connectivity index (χ0n) is 13.6. The first-order valence-electron chi connectivity index (χ1n) is 8.53. The molecule has 2 heteroatoms. The monoisotopic (exact) mass is 282 g/mol. The van der Waals surface area contributed by atoms with Gasteiger partial charge in [0.2, 0.25) is 0 Å². The molecule has 0 aromatic carbocycles. The standard InChI is InChI=1S/C18H34O2/c1-3-4-5-6-7-8-9-10-11-14-17(2)15-12-13-16-18(19)20/h9-10,17H,3-8,11-16H2,1-2H3,(H,19,20)/b10-9+. The first kappa shape index (κ1) is 19.2. The fourth-order valence-electron chi connectivity index (χ4n) is 2.40. The molecule has 0 fully saturated rings. The molecule has 0 bridgehead atoms. The molecule has 0 rings (SSSR count). The van der Waals surface area contributed by atoms with E-state index in [1.165, 1.54) is 51.4 Å². The summed E-state index contributed by atoms with van der Waals surface area (Å²) in [5.74, 6) is 0.0533. The van der Waals surface area contributed by atoms with E-state index in [9.17, 15) is 4.79 Å². The summed E-state index contributed by atoms with van der Waals surface area (Å²) in [5.41, 5.74) is 0. The number of hydrogen-bond acceptors (Lipinski definition) is 1. The van der Waals surface area contributed by atoms with Crippen LogP contribution in [-0.4, -0.2) is 11.1 Å². The average molecular weight is 282 g/mol. The Hall–Kier alpha value is -0.790. The number of rotatable bonds is 14. The van der Waals surface area contributed by atoms with Crippen LogP contribution in [0.1, 0.15) is 90.9 Å². The number of carboxylic acid groups (broad SMARTS) is 1. The van der Waals surface area contributed by atoms with Gasteiger partial charge in [0, 0.05) is 6.42 Å². The summed E-state index contributed by atoms with van der Waals surface area (Å²) in [4.78, 5) is 10.4. The molecule has 0 aromatic rings. The molecule has 0 heterocycles. The van der Waals surface area contributed by atoms with Crippen molar-refractivity contribution in [2.75, 3.05) is 0 Å². The molecule has 2 nitrogen and oxygen atoms in total. The highest BCUT2D eigenvalue weighted by Gasteiger charge is 2.02. The van der Waals surface area contributed by atoms with Crippen LogP contribution in [0.3, 0.4) is 0 Å². The molecule has 0 saturated carbocycles. The van der Waals surface area contributed by atoms with Crippen molar-refractivity contribution < 1.29 is 9.90 Å². The Labute approximate surface area is 125 Å². The van der Waals surface area contributed by atoms with Gasteiger partial charge in [-0.1, -0.05) is 64.5 Å². The summed E-state index contributed by atoms with van der Waals surface area (Å²) < 4.78 is 0. The average Bonchev–Trinajstić information content (AvgIpc) is 2.41. The van der Waals surface area contributed by atoms with Crippen molar-refractivity contribution in [1.29, 1.82) is 0 Å². The zero-order chi connectivity index (χ0) is 15.1. The second kappa shape index (κ2) is 14.6. The summed E-state index contributed by atoms with van der Waals surface area (Å²) in [6.07, 6.45) is 18.5. The van der Waals surface area contributed by atoms with E-state index in [0.29, 0.717) is 6.42 Å². The number of carboxylic acids is 1. The number of hydrogen-bond donors (Lipinski definition) is 1. The van der Waals surface area contributed by atoms with E-state index in [2.05, 4.69) is 26.0 Å². The van der Waals surface area contributed by atoms with Gasteiger partial charge in [-0.3, -0.25) is 4.79 Å². The van der Waals surface area contributed by atoms with Crippen LogP contribution in [-0.2, 0) is 4.79 Å². The predicted molar refractivity (Wildman–Crippen MR) is 87.0 cm³/mol. The lowest BCUT2D eigenvalue weighted by Crippen LogP contribution is -1.97. The van der Waals surface area contributed by atoms with Crippen LogP contribution in [0.25, 0.3) is 0 Å². The van der Waals surface area contributed by atoms with E-state index in [4.69, 9.17) is 5.11 Å². The van der Waals surface area contributed by atoms with E-state index in [1.54, 1.807) is 0 Å². The Kier molecular flexibility index (Phi) is 14.0. The van der Waals surface area contributed by atoms with Crippen LogP contribution in [0.4, 0.5) is 0 Å². The number of aliphatic carboxylic acids is 1. The van der Waals surface area contributed by atoms with Gasteiger partial charge in [0.05, 0.1) is 0 Å². The molecule has 0 radical (unpaired) electrons. The normalized spacial score (nSPS) is 12.9. The second-order valence-electron chi connectivity index (χ2n) is 6.00. The van der Waals surface area contributed by atoms with Crippen molar-refractivity contribution >= 4 is 5.97 Å². The fraction of sp³-hybridized carbons (Fsp3) is 0.833. The first-order valence-corrected chi connectivity index (χ1v) is 8.53. The van der Waals surface area contributed by atoms with E-state index in [-0.39, 0.29) is 0 Å². The van der Waals surface area contributed by atoms with Gasteiger partial charge in [-0.25, -0.2) is 0 Å². The molecular weight excluding hydrogens is 248 g/mol. The van der Waals surface area contributed by atoms with E-state index >= 15 is 0 Å². The Morgan fingerprint density at radius 2 is 1.65 bits per heavy atom. The van der Waals surface area contributed by atoms with Crippen LogP contribution >= 0.6 is 0 Å². The second-order valence-corrected chi connectivity index (χ2v) is 6.00. The maximum atomic E-state index is 10.4. The van der Waals surface area contributed by atoms with E-state index in [0.717, 1.165) is 25.2 Å². The van der Waals surface area contributed by atoms with Gasteiger partial charge in [0.25, 0.3) is 0 Å². The smallest absolute Gasteiger partial charge is 0.303 e. The SMILES string of the molecule is CCCCCCC/C=C/CCC(C)CCCCC(=O)O. The molecule has 0 aromatic heterocycles. The molecule has 1 atom stereocenters. The summed E-state index contributed by atoms with van der Waals surface area (Å²) in [5, 5.41) is 8.56. The molecule has 0 saturated heterocycles. The van der Waals surface area contributed by atoms with Crippen molar-refractivity contribution in [2.24, 2.45) is 5.92 Å². The minimum Gasteiger partial charge on any atom is -0.481 e. The third-order valence-electron chi connectivity index (χ3n) is 3.80. The highest BCUT2D eigenvalue weighted by Crippen LogP contribution is 2.15. The summed E-state index contributed by atoms with van der Waals surface area (Å²) in [6, 6.07) is 0. The van der Waals surface area contributed by atoms with E-state index in [1.807, 2.05) is 0 Å². The van der Waals surface area contributed by atoms with Crippen molar-refractivity contribution in [3.8, 4) is 0 Å². The van der Waals surface area contributed by atoms with Gasteiger partial charge in [-0.15, -0.1) is 0 Å². The van der Waals surface area contributed by atoms with Crippen LogP contribution in [0.15, 0.2) is 12.2 Å². The predicted octanol–water partition coefficient (Wildman–Crippen LogP) is 5.96. The Bertz CT molecular complexity index is 246. The molecule has 1 unspecified atom stereocenters. The summed E-state index contributed by atoms with van der Waals surface area (Å²) in [7, 11) is 0. The quantitative estimate of drug-likeness (QED) is 0.315. The van der Waals surface area contributed by atoms with Crippen molar-refractivity contribution in [3.05, 3.63) is 12.2 Å². The lowest BCUT2D eigenvalue weighted by molar-refractivity contribution is -0.137. The van der Waals surface area contributed by atoms with Gasteiger partial charge in [-0.2, -0.15) is 0 Å². The topological polar surface area (TPSA) is 37.3 Å². The molecule has 1 N–H and O–H groups in total. The van der Waals surface area contributed by atoms with Crippen LogP contribution in [0.2, 0.25) is 0 Å². The summed E-state index contributed by atoms with van der Waals surface area (Å²) >= 11 is 0. The maximum Gasteiger partial charge on any atom is 0.303 e. The van der Waals surface area contributed by atoms with Crippen LogP contribution < -0.4 is 0 Å². The van der Waals surface area contributed by atoms with Crippen molar-refractivity contribution in [1.82, 2.24) is 0 Å². The van der Waals surface area contributed by atoms with Gasteiger partial charge < -0.3 is 5.11 Å². The molecular formula is C18H34O2. The zero-order valence-corrected chi connectivity index (χ0v) is 13.6. The van der Waals surface area contributed by atoms with Gasteiger partial charge in [0.1, 0.15) is 0 Å². The van der Waals surface area contributed by atoms with Crippen molar-refractivity contribution in [2.45, 2.75) is 90.9 Å². The highest BCUT2D eigenvalue weighted by molar-refractivity contribution is 5.66. The molecule has 0 aliphatic heterocycles. The fourth-order valence-corrected chi connectivity index (χ4v) is 2.40. The molecule has 118 valence electrons. The highest BCUT2D eigenvalue weighted by atomic mass is 16.4. The molecule has 20 heavy (non-hydrogen) atoms. The lowest BCUT2D eigenvalue weighted by atomic mass is 9.98. The molecule has 0 amide bonds. The van der Waals surface area contributed by atoms with Crippen molar-refractivity contribution in [3.63, 3.8) is 0 Å².